The van der Waals surface area contributed by atoms with Gasteiger partial charge in [0.05, 0.1) is 0 Å². The second kappa shape index (κ2) is 4.75. The molecule has 1 aliphatic carbocycles. The molecular formula is C10H8F8O. The van der Waals surface area contributed by atoms with Gasteiger partial charge < -0.3 is 0 Å². The summed E-state index contributed by atoms with van der Waals surface area (Å²) in [6.45, 7) is 0. The van der Waals surface area contributed by atoms with E-state index in [1.807, 2.05) is 0 Å². The van der Waals surface area contributed by atoms with E-state index in [2.05, 4.69) is 0 Å². The maximum atomic E-state index is 13.3. The zero-order chi connectivity index (χ0) is 15.1. The molecule has 0 unspecified atom stereocenters. The van der Waals surface area contributed by atoms with Crippen LogP contribution in [-0.4, -0.2) is 23.8 Å². The molecule has 1 fully saturated rings. The topological polar surface area (TPSA) is 17.1 Å². The third-order valence-corrected chi connectivity index (χ3v) is 2.71. The van der Waals surface area contributed by atoms with Gasteiger partial charge in [-0.2, -0.15) is 30.7 Å². The van der Waals surface area contributed by atoms with Crippen LogP contribution < -0.4 is 0 Å². The first-order valence-corrected chi connectivity index (χ1v) is 5.17. The number of carbonyl (C=O) groups is 1. The lowest BCUT2D eigenvalue weighted by molar-refractivity contribution is -0.347. The summed E-state index contributed by atoms with van der Waals surface area (Å²) < 4.78 is 100.0. The molecule has 19 heavy (non-hydrogen) atoms. The maximum Gasteiger partial charge on any atom is 0.460 e. The Morgan fingerprint density at radius 3 is 1.79 bits per heavy atom. The number of ketones is 1. The van der Waals surface area contributed by atoms with E-state index in [0.29, 0.717) is 0 Å². The largest absolute Gasteiger partial charge is 0.460 e. The Morgan fingerprint density at radius 1 is 0.895 bits per heavy atom. The predicted molar refractivity (Wildman–Crippen MR) is 47.6 cm³/mol. The highest BCUT2D eigenvalue weighted by atomic mass is 19.4. The average molecular weight is 296 g/mol. The SMILES string of the molecule is O=C1CCCC/C1=C(\F)C(F)(F)C(F)(F)C(F)(F)F. The molecule has 0 amide bonds. The van der Waals surface area contributed by atoms with Gasteiger partial charge in [0, 0.05) is 12.0 Å². The zero-order valence-corrected chi connectivity index (χ0v) is 9.26. The molecule has 1 nitrogen and oxygen atoms in total. The Hall–Kier alpha value is -1.15. The first-order valence-electron chi connectivity index (χ1n) is 5.17. The van der Waals surface area contributed by atoms with Gasteiger partial charge in [-0.1, -0.05) is 0 Å². The van der Waals surface area contributed by atoms with Crippen LogP contribution in [0.1, 0.15) is 25.7 Å². The quantitative estimate of drug-likeness (QED) is 0.551. The van der Waals surface area contributed by atoms with Crippen molar-refractivity contribution in [3.05, 3.63) is 11.4 Å². The summed E-state index contributed by atoms with van der Waals surface area (Å²) in [5.41, 5.74) is -1.28. The molecule has 0 aliphatic heterocycles. The minimum atomic E-state index is -6.62. The molecule has 0 radical (unpaired) electrons. The number of allylic oxidation sites excluding steroid dienone is 2. The van der Waals surface area contributed by atoms with Crippen molar-refractivity contribution in [3.63, 3.8) is 0 Å². The van der Waals surface area contributed by atoms with E-state index < -0.39 is 41.6 Å². The Labute approximate surface area is 102 Å². The Morgan fingerprint density at radius 2 is 1.37 bits per heavy atom. The van der Waals surface area contributed by atoms with E-state index in [4.69, 9.17) is 0 Å². The Balaban J connectivity index is 3.26. The van der Waals surface area contributed by atoms with Gasteiger partial charge in [-0.3, -0.25) is 4.79 Å². The molecule has 1 aliphatic rings. The average Bonchev–Trinajstić information content (AvgIpc) is 2.27. The van der Waals surface area contributed by atoms with Crippen molar-refractivity contribution in [1.29, 1.82) is 0 Å². The molecule has 0 N–H and O–H groups in total. The van der Waals surface area contributed by atoms with Crippen LogP contribution in [0.15, 0.2) is 11.4 Å². The fourth-order valence-electron chi connectivity index (χ4n) is 1.62. The highest BCUT2D eigenvalue weighted by Crippen LogP contribution is 2.51. The molecule has 0 spiro atoms. The zero-order valence-electron chi connectivity index (χ0n) is 9.26. The molecule has 9 heteroatoms. The summed E-state index contributed by atoms with van der Waals surface area (Å²) in [6, 6.07) is 0. The van der Waals surface area contributed by atoms with Crippen molar-refractivity contribution in [2.45, 2.75) is 43.7 Å². The maximum absolute atomic E-state index is 13.3. The number of hydrogen-bond acceptors (Lipinski definition) is 1. The molecule has 0 aromatic heterocycles. The van der Waals surface area contributed by atoms with E-state index in [1.54, 1.807) is 0 Å². The molecule has 0 atom stereocenters. The van der Waals surface area contributed by atoms with Gasteiger partial charge in [0.2, 0.25) is 0 Å². The molecule has 0 heterocycles. The molecule has 110 valence electrons. The highest BCUT2D eigenvalue weighted by molar-refractivity contribution is 5.96. The fraction of sp³-hybridized carbons (Fsp3) is 0.700. The number of alkyl halides is 7. The van der Waals surface area contributed by atoms with E-state index in [9.17, 15) is 39.9 Å². The molecule has 0 aromatic rings. The summed E-state index contributed by atoms with van der Waals surface area (Å²) in [7, 11) is 0. The first-order chi connectivity index (χ1) is 8.43. The molecule has 0 saturated heterocycles. The molecule has 0 bridgehead atoms. The van der Waals surface area contributed by atoms with Gasteiger partial charge >= 0.3 is 18.0 Å². The fourth-order valence-corrected chi connectivity index (χ4v) is 1.62. The van der Waals surface area contributed by atoms with Gasteiger partial charge in [0.15, 0.2) is 11.6 Å². The van der Waals surface area contributed by atoms with Gasteiger partial charge in [0.1, 0.15) is 0 Å². The molecule has 0 aromatic carbocycles. The molecule has 1 saturated carbocycles. The van der Waals surface area contributed by atoms with Gasteiger partial charge in [0.25, 0.3) is 0 Å². The number of rotatable bonds is 2. The van der Waals surface area contributed by atoms with E-state index in [0.717, 1.165) is 0 Å². The first kappa shape index (κ1) is 15.9. The second-order valence-electron chi connectivity index (χ2n) is 4.07. The van der Waals surface area contributed by atoms with Gasteiger partial charge in [-0.15, -0.1) is 0 Å². The normalized spacial score (nSPS) is 21.6. The Kier molecular flexibility index (Phi) is 3.98. The number of Topliss-reactive ketones (excluding diaryl/α,β-unsaturated/α-hetero) is 1. The number of hydrogen-bond donors (Lipinski definition) is 0. The summed E-state index contributed by atoms with van der Waals surface area (Å²) >= 11 is 0. The van der Waals surface area contributed by atoms with Crippen molar-refractivity contribution in [2.24, 2.45) is 0 Å². The summed E-state index contributed by atoms with van der Waals surface area (Å²) in [6.07, 6.45) is -7.23. The van der Waals surface area contributed by atoms with Crippen molar-refractivity contribution < 1.29 is 39.9 Å². The van der Waals surface area contributed by atoms with Crippen molar-refractivity contribution in [3.8, 4) is 0 Å². The van der Waals surface area contributed by atoms with Crippen LogP contribution in [0.2, 0.25) is 0 Å². The summed E-state index contributed by atoms with van der Waals surface area (Å²) in [5.74, 6) is -16.8. The lowest BCUT2D eigenvalue weighted by Crippen LogP contribution is -2.52. The third kappa shape index (κ3) is 2.59. The van der Waals surface area contributed by atoms with Crippen molar-refractivity contribution in [1.82, 2.24) is 0 Å². The van der Waals surface area contributed by atoms with Gasteiger partial charge in [-0.05, 0) is 19.3 Å². The standard InChI is InChI=1S/C10H8F8O/c11-7(5-3-1-2-4-6(5)19)8(12,13)9(14,15)10(16,17)18/h1-4H2/b7-5+. The van der Waals surface area contributed by atoms with Crippen LogP contribution in [-0.2, 0) is 4.79 Å². The minimum Gasteiger partial charge on any atom is -0.294 e. The van der Waals surface area contributed by atoms with E-state index >= 15 is 0 Å². The van der Waals surface area contributed by atoms with E-state index in [-0.39, 0.29) is 19.3 Å². The summed E-state index contributed by atoms with van der Waals surface area (Å²) in [5, 5.41) is 0. The second-order valence-corrected chi connectivity index (χ2v) is 4.07. The lowest BCUT2D eigenvalue weighted by atomic mass is 9.90. The van der Waals surface area contributed by atoms with Crippen LogP contribution >= 0.6 is 0 Å². The van der Waals surface area contributed by atoms with Crippen LogP contribution in [0.25, 0.3) is 0 Å². The number of carbonyl (C=O) groups excluding carboxylic acids is 1. The minimum absolute atomic E-state index is 0.0716. The van der Waals surface area contributed by atoms with Crippen LogP contribution in [0.5, 0.6) is 0 Å². The van der Waals surface area contributed by atoms with Crippen LogP contribution in [0, 0.1) is 0 Å². The van der Waals surface area contributed by atoms with E-state index in [1.165, 1.54) is 0 Å². The van der Waals surface area contributed by atoms with Crippen molar-refractivity contribution in [2.75, 3.05) is 0 Å². The predicted octanol–water partition coefficient (Wildman–Crippen LogP) is 4.19. The van der Waals surface area contributed by atoms with Crippen LogP contribution in [0.4, 0.5) is 35.1 Å². The highest BCUT2D eigenvalue weighted by Gasteiger charge is 2.75. The van der Waals surface area contributed by atoms with Crippen molar-refractivity contribution >= 4 is 5.78 Å². The Bertz CT molecular complexity index is 406. The monoisotopic (exact) mass is 296 g/mol. The summed E-state index contributed by atoms with van der Waals surface area (Å²) in [4.78, 5) is 11.1. The molecular weight excluding hydrogens is 288 g/mol. The van der Waals surface area contributed by atoms with Crippen LogP contribution in [0.3, 0.4) is 0 Å². The third-order valence-electron chi connectivity index (χ3n) is 2.71. The lowest BCUT2D eigenvalue weighted by Gasteiger charge is -2.28. The number of halogens is 8. The molecule has 1 rings (SSSR count). The van der Waals surface area contributed by atoms with Gasteiger partial charge in [-0.25, -0.2) is 4.39 Å². The smallest absolute Gasteiger partial charge is 0.294 e.